The van der Waals surface area contributed by atoms with E-state index in [-0.39, 0.29) is 0 Å². The molecule has 0 unspecified atom stereocenters. The van der Waals surface area contributed by atoms with E-state index in [1.807, 2.05) is 19.9 Å². The van der Waals surface area contributed by atoms with Gasteiger partial charge in [0.05, 0.1) is 5.60 Å². The van der Waals surface area contributed by atoms with Gasteiger partial charge in [-0.2, -0.15) is 0 Å². The van der Waals surface area contributed by atoms with E-state index >= 15 is 0 Å². The van der Waals surface area contributed by atoms with Crippen molar-refractivity contribution in [2.75, 3.05) is 13.1 Å². The fraction of sp³-hybridized carbons (Fsp3) is 0.800. The average Bonchev–Trinajstić information content (AvgIpc) is 2.12. The van der Waals surface area contributed by atoms with Gasteiger partial charge in [0.15, 0.2) is 0 Å². The second kappa shape index (κ2) is 6.21. The minimum Gasteiger partial charge on any atom is -0.389 e. The SMILES string of the molecule is C=CCCNCC(O)(CC)CC. The lowest BCUT2D eigenvalue weighted by Gasteiger charge is -2.25. The number of hydrogen-bond acceptors (Lipinski definition) is 2. The molecule has 72 valence electrons. The summed E-state index contributed by atoms with van der Waals surface area (Å²) in [6.45, 7) is 9.25. The summed E-state index contributed by atoms with van der Waals surface area (Å²) in [5.74, 6) is 0. The van der Waals surface area contributed by atoms with Crippen molar-refractivity contribution in [1.29, 1.82) is 0 Å². The van der Waals surface area contributed by atoms with Crippen molar-refractivity contribution >= 4 is 0 Å². The summed E-state index contributed by atoms with van der Waals surface area (Å²) in [5.41, 5.74) is -0.513. The molecule has 0 aromatic carbocycles. The zero-order valence-electron chi connectivity index (χ0n) is 8.27. The molecule has 0 radical (unpaired) electrons. The highest BCUT2D eigenvalue weighted by Crippen LogP contribution is 2.12. The van der Waals surface area contributed by atoms with Gasteiger partial charge in [-0.15, -0.1) is 6.58 Å². The van der Waals surface area contributed by atoms with E-state index in [1.165, 1.54) is 0 Å². The first kappa shape index (κ1) is 11.7. The maximum Gasteiger partial charge on any atom is 0.0766 e. The Labute approximate surface area is 75.7 Å². The molecule has 0 aliphatic rings. The lowest BCUT2D eigenvalue weighted by Crippen LogP contribution is -2.39. The highest BCUT2D eigenvalue weighted by molar-refractivity contribution is 4.78. The first-order valence-corrected chi connectivity index (χ1v) is 4.72. The van der Waals surface area contributed by atoms with Crippen LogP contribution in [-0.4, -0.2) is 23.8 Å². The van der Waals surface area contributed by atoms with E-state index in [0.717, 1.165) is 25.8 Å². The van der Waals surface area contributed by atoms with Crippen molar-refractivity contribution in [3.8, 4) is 0 Å². The standard InChI is InChI=1S/C10H21NO/c1-4-7-8-11-9-10(12,5-2)6-3/h4,11-12H,1,5-9H2,2-3H3. The fourth-order valence-electron chi connectivity index (χ4n) is 1.03. The van der Waals surface area contributed by atoms with Gasteiger partial charge in [0, 0.05) is 6.54 Å². The summed E-state index contributed by atoms with van der Waals surface area (Å²) in [6, 6.07) is 0. The molecule has 0 aromatic rings. The summed E-state index contributed by atoms with van der Waals surface area (Å²) in [7, 11) is 0. The van der Waals surface area contributed by atoms with Gasteiger partial charge in [-0.25, -0.2) is 0 Å². The molecule has 0 aliphatic carbocycles. The third kappa shape index (κ3) is 4.52. The monoisotopic (exact) mass is 171 g/mol. The molecule has 0 saturated heterocycles. The second-order valence-electron chi connectivity index (χ2n) is 3.19. The van der Waals surface area contributed by atoms with Crippen LogP contribution in [0.1, 0.15) is 33.1 Å². The molecule has 0 heterocycles. The molecule has 2 N–H and O–H groups in total. The largest absolute Gasteiger partial charge is 0.389 e. The number of nitrogens with one attached hydrogen (secondary N) is 1. The van der Waals surface area contributed by atoms with Gasteiger partial charge in [0.2, 0.25) is 0 Å². The number of rotatable bonds is 7. The van der Waals surface area contributed by atoms with Crippen molar-refractivity contribution in [2.45, 2.75) is 38.7 Å². The van der Waals surface area contributed by atoms with E-state index in [4.69, 9.17) is 0 Å². The van der Waals surface area contributed by atoms with Crippen LogP contribution in [0.15, 0.2) is 12.7 Å². The van der Waals surface area contributed by atoms with Crippen LogP contribution in [0.5, 0.6) is 0 Å². The molecule has 0 bridgehead atoms. The first-order chi connectivity index (χ1) is 5.68. The van der Waals surface area contributed by atoms with Crippen LogP contribution in [0.4, 0.5) is 0 Å². The van der Waals surface area contributed by atoms with E-state index in [0.29, 0.717) is 6.54 Å². The topological polar surface area (TPSA) is 32.3 Å². The lowest BCUT2D eigenvalue weighted by molar-refractivity contribution is 0.0329. The summed E-state index contributed by atoms with van der Waals surface area (Å²) < 4.78 is 0. The van der Waals surface area contributed by atoms with E-state index in [9.17, 15) is 5.11 Å². The summed E-state index contributed by atoms with van der Waals surface area (Å²) in [4.78, 5) is 0. The first-order valence-electron chi connectivity index (χ1n) is 4.72. The Kier molecular flexibility index (Phi) is 6.03. The molecule has 0 fully saturated rings. The number of aliphatic hydroxyl groups is 1. The maximum atomic E-state index is 9.84. The Balaban J connectivity index is 3.51. The highest BCUT2D eigenvalue weighted by Gasteiger charge is 2.20. The van der Waals surface area contributed by atoms with E-state index < -0.39 is 5.60 Å². The van der Waals surface area contributed by atoms with Crippen LogP contribution in [0.2, 0.25) is 0 Å². The van der Waals surface area contributed by atoms with Crippen molar-refractivity contribution in [2.24, 2.45) is 0 Å². The summed E-state index contributed by atoms with van der Waals surface area (Å²) >= 11 is 0. The molecule has 0 aliphatic heterocycles. The normalized spacial score (nSPS) is 11.6. The fourth-order valence-corrected chi connectivity index (χ4v) is 1.03. The molecule has 0 amide bonds. The third-order valence-corrected chi connectivity index (χ3v) is 2.30. The van der Waals surface area contributed by atoms with Crippen LogP contribution in [-0.2, 0) is 0 Å². The molecule has 0 saturated carbocycles. The molecule has 0 atom stereocenters. The zero-order chi connectivity index (χ0) is 9.45. The quantitative estimate of drug-likeness (QED) is 0.451. The van der Waals surface area contributed by atoms with Gasteiger partial charge in [-0.3, -0.25) is 0 Å². The Morgan fingerprint density at radius 2 is 2.00 bits per heavy atom. The van der Waals surface area contributed by atoms with Crippen molar-refractivity contribution in [3.05, 3.63) is 12.7 Å². The Morgan fingerprint density at radius 1 is 1.42 bits per heavy atom. The molecule has 0 rings (SSSR count). The zero-order valence-corrected chi connectivity index (χ0v) is 8.27. The molecule has 2 nitrogen and oxygen atoms in total. The highest BCUT2D eigenvalue weighted by atomic mass is 16.3. The minimum atomic E-state index is -0.513. The van der Waals surface area contributed by atoms with Crippen molar-refractivity contribution < 1.29 is 5.11 Å². The molecule has 2 heteroatoms. The Bertz CT molecular complexity index is 119. The van der Waals surface area contributed by atoms with Crippen molar-refractivity contribution in [1.82, 2.24) is 5.32 Å². The maximum absolute atomic E-state index is 9.84. The van der Waals surface area contributed by atoms with Crippen LogP contribution in [0, 0.1) is 0 Å². The van der Waals surface area contributed by atoms with Gasteiger partial charge in [0.25, 0.3) is 0 Å². The smallest absolute Gasteiger partial charge is 0.0766 e. The van der Waals surface area contributed by atoms with Gasteiger partial charge in [-0.1, -0.05) is 19.9 Å². The second-order valence-corrected chi connectivity index (χ2v) is 3.19. The van der Waals surface area contributed by atoms with Gasteiger partial charge in [-0.05, 0) is 25.8 Å². The Morgan fingerprint density at radius 3 is 2.42 bits per heavy atom. The molecular formula is C10H21NO. The minimum absolute atomic E-state index is 0.513. The van der Waals surface area contributed by atoms with E-state index in [2.05, 4.69) is 11.9 Å². The Hall–Kier alpha value is -0.340. The molecule has 0 aromatic heterocycles. The lowest BCUT2D eigenvalue weighted by atomic mass is 9.98. The third-order valence-electron chi connectivity index (χ3n) is 2.30. The van der Waals surface area contributed by atoms with Gasteiger partial charge >= 0.3 is 0 Å². The summed E-state index contributed by atoms with van der Waals surface area (Å²) in [6.07, 6.45) is 4.46. The number of hydrogen-bond donors (Lipinski definition) is 2. The van der Waals surface area contributed by atoms with Crippen molar-refractivity contribution in [3.63, 3.8) is 0 Å². The summed E-state index contributed by atoms with van der Waals surface area (Å²) in [5, 5.41) is 13.0. The van der Waals surface area contributed by atoms with Gasteiger partial charge < -0.3 is 10.4 Å². The van der Waals surface area contributed by atoms with Crippen LogP contribution in [0.3, 0.4) is 0 Å². The molecule has 12 heavy (non-hydrogen) atoms. The van der Waals surface area contributed by atoms with E-state index in [1.54, 1.807) is 0 Å². The predicted octanol–water partition coefficient (Wildman–Crippen LogP) is 1.70. The van der Waals surface area contributed by atoms with Crippen LogP contribution < -0.4 is 5.32 Å². The average molecular weight is 171 g/mol. The van der Waals surface area contributed by atoms with Gasteiger partial charge in [0.1, 0.15) is 0 Å². The molecular weight excluding hydrogens is 150 g/mol. The van der Waals surface area contributed by atoms with Crippen LogP contribution >= 0.6 is 0 Å². The van der Waals surface area contributed by atoms with Crippen LogP contribution in [0.25, 0.3) is 0 Å². The molecule has 0 spiro atoms. The predicted molar refractivity (Wildman–Crippen MR) is 53.2 cm³/mol.